The van der Waals surface area contributed by atoms with Crippen molar-refractivity contribution in [1.29, 1.82) is 0 Å². The Labute approximate surface area is 153 Å². The van der Waals surface area contributed by atoms with Crippen LogP contribution in [0.3, 0.4) is 0 Å². The van der Waals surface area contributed by atoms with Gasteiger partial charge >= 0.3 is 12.1 Å². The minimum atomic E-state index is -5.19. The number of hydrogen-bond acceptors (Lipinski definition) is 2. The van der Waals surface area contributed by atoms with E-state index in [1.165, 1.54) is 12.1 Å². The zero-order valence-corrected chi connectivity index (χ0v) is 13.9. The van der Waals surface area contributed by atoms with E-state index < -0.39 is 23.6 Å². The van der Waals surface area contributed by atoms with Crippen LogP contribution in [0.25, 0.3) is 0 Å². The molecule has 27 heavy (non-hydrogen) atoms. The fraction of sp³-hybridized carbons (Fsp3) is 0.0952. The normalized spacial score (nSPS) is 11.9. The molecule has 0 aliphatic carbocycles. The topological polar surface area (TPSA) is 26.3 Å². The highest BCUT2D eigenvalue weighted by atomic mass is 19.4. The Hall–Kier alpha value is -3.15. The summed E-state index contributed by atoms with van der Waals surface area (Å²) in [5.41, 5.74) is -1.08. The fourth-order valence-corrected chi connectivity index (χ4v) is 2.90. The second-order valence-corrected chi connectivity index (χ2v) is 5.81. The predicted molar refractivity (Wildman–Crippen MR) is 91.3 cm³/mol. The van der Waals surface area contributed by atoms with E-state index in [1.54, 1.807) is 60.7 Å². The lowest BCUT2D eigenvalue weighted by molar-refractivity contribution is -0.209. The fourth-order valence-electron chi connectivity index (χ4n) is 2.90. The van der Waals surface area contributed by atoms with Gasteiger partial charge in [-0.3, -0.25) is 0 Å². The van der Waals surface area contributed by atoms with Crippen LogP contribution in [0.2, 0.25) is 0 Å². The summed E-state index contributed by atoms with van der Waals surface area (Å²) in [4.78, 5) is 11.8. The van der Waals surface area contributed by atoms with Crippen LogP contribution in [-0.2, 0) is 15.1 Å². The first-order valence-electron chi connectivity index (χ1n) is 8.01. The van der Waals surface area contributed by atoms with E-state index in [-0.39, 0.29) is 5.56 Å². The minimum Gasteiger partial charge on any atom is -0.438 e. The maximum atomic E-state index is 13.4. The summed E-state index contributed by atoms with van der Waals surface area (Å²) in [7, 11) is 0. The van der Waals surface area contributed by atoms with Gasteiger partial charge in [0.1, 0.15) is 5.82 Å². The molecule has 6 heteroatoms. The lowest BCUT2D eigenvalue weighted by Crippen LogP contribution is -2.40. The van der Waals surface area contributed by atoms with Gasteiger partial charge in [-0.25, -0.2) is 9.18 Å². The molecule has 2 nitrogen and oxygen atoms in total. The van der Waals surface area contributed by atoms with Gasteiger partial charge in [0.05, 0.1) is 0 Å². The molecule has 0 saturated heterocycles. The van der Waals surface area contributed by atoms with Crippen LogP contribution in [-0.4, -0.2) is 12.1 Å². The molecule has 0 saturated carbocycles. The van der Waals surface area contributed by atoms with Crippen molar-refractivity contribution in [3.05, 3.63) is 107 Å². The Morgan fingerprint density at radius 3 is 1.48 bits per heavy atom. The van der Waals surface area contributed by atoms with Gasteiger partial charge in [-0.05, 0) is 12.1 Å². The molecule has 0 bridgehead atoms. The van der Waals surface area contributed by atoms with Gasteiger partial charge in [-0.15, -0.1) is 0 Å². The summed E-state index contributed by atoms with van der Waals surface area (Å²) in [5, 5.41) is 0. The van der Waals surface area contributed by atoms with E-state index >= 15 is 0 Å². The quantitative estimate of drug-likeness (QED) is 0.355. The monoisotopic (exact) mass is 374 g/mol. The number of carbonyl (C=O) groups excluding carboxylic acids is 1. The van der Waals surface area contributed by atoms with Crippen molar-refractivity contribution in [2.75, 3.05) is 0 Å². The van der Waals surface area contributed by atoms with Crippen LogP contribution >= 0.6 is 0 Å². The molecule has 0 aromatic heterocycles. The summed E-state index contributed by atoms with van der Waals surface area (Å²) in [6.07, 6.45) is -5.19. The van der Waals surface area contributed by atoms with Crippen LogP contribution in [0.4, 0.5) is 17.6 Å². The Kier molecular flexibility index (Phi) is 4.99. The standard InChI is InChI=1S/C21H14F4O2/c22-18-13-11-17(12-14-18)20(15-7-3-1-4-8-15,16-9-5-2-6-10-16)27-19(26)21(23,24)25/h1-14H. The summed E-state index contributed by atoms with van der Waals surface area (Å²) >= 11 is 0. The van der Waals surface area contributed by atoms with Crippen molar-refractivity contribution in [2.24, 2.45) is 0 Å². The Balaban J connectivity index is 2.31. The molecule has 0 N–H and O–H groups in total. The highest BCUT2D eigenvalue weighted by Gasteiger charge is 2.49. The molecule has 0 spiro atoms. The summed E-state index contributed by atoms with van der Waals surface area (Å²) < 4.78 is 57.7. The molecule has 3 rings (SSSR count). The van der Waals surface area contributed by atoms with E-state index in [1.807, 2.05) is 0 Å². The maximum absolute atomic E-state index is 13.4. The van der Waals surface area contributed by atoms with E-state index in [4.69, 9.17) is 4.74 Å². The van der Waals surface area contributed by atoms with E-state index in [0.29, 0.717) is 11.1 Å². The number of alkyl halides is 3. The first-order valence-corrected chi connectivity index (χ1v) is 8.01. The van der Waals surface area contributed by atoms with Crippen molar-refractivity contribution in [2.45, 2.75) is 11.8 Å². The summed E-state index contributed by atoms with van der Waals surface area (Å²) in [6.45, 7) is 0. The predicted octanol–water partition coefficient (Wildman–Crippen LogP) is 5.22. The zero-order chi connectivity index (χ0) is 19.5. The average Bonchev–Trinajstić information content (AvgIpc) is 2.67. The van der Waals surface area contributed by atoms with Crippen molar-refractivity contribution >= 4 is 5.97 Å². The number of halogens is 4. The van der Waals surface area contributed by atoms with Crippen LogP contribution in [0.5, 0.6) is 0 Å². The largest absolute Gasteiger partial charge is 0.490 e. The van der Waals surface area contributed by atoms with Crippen molar-refractivity contribution in [3.63, 3.8) is 0 Å². The molecule has 0 aliphatic heterocycles. The lowest BCUT2D eigenvalue weighted by atomic mass is 9.80. The van der Waals surface area contributed by atoms with Gasteiger partial charge in [-0.1, -0.05) is 72.8 Å². The lowest BCUT2D eigenvalue weighted by Gasteiger charge is -2.35. The average molecular weight is 374 g/mol. The van der Waals surface area contributed by atoms with Gasteiger partial charge in [0.15, 0.2) is 5.60 Å². The number of rotatable bonds is 4. The van der Waals surface area contributed by atoms with E-state index in [9.17, 15) is 22.4 Å². The minimum absolute atomic E-state index is 0.193. The number of carbonyl (C=O) groups is 1. The molecular formula is C21H14F4O2. The van der Waals surface area contributed by atoms with Crippen molar-refractivity contribution < 1.29 is 27.1 Å². The highest BCUT2D eigenvalue weighted by Crippen LogP contribution is 2.42. The van der Waals surface area contributed by atoms with E-state index in [2.05, 4.69) is 0 Å². The SMILES string of the molecule is O=C(OC(c1ccccc1)(c1ccccc1)c1ccc(F)cc1)C(F)(F)F. The molecule has 0 heterocycles. The van der Waals surface area contributed by atoms with Gasteiger partial charge in [0, 0.05) is 16.7 Å². The number of esters is 1. The van der Waals surface area contributed by atoms with Gasteiger partial charge in [-0.2, -0.15) is 13.2 Å². The molecule has 3 aromatic rings. The zero-order valence-electron chi connectivity index (χ0n) is 13.9. The molecule has 0 aliphatic rings. The first kappa shape index (κ1) is 18.6. The van der Waals surface area contributed by atoms with Crippen LogP contribution < -0.4 is 0 Å². The number of hydrogen-bond donors (Lipinski definition) is 0. The van der Waals surface area contributed by atoms with Gasteiger partial charge < -0.3 is 4.74 Å². The van der Waals surface area contributed by atoms with Crippen molar-refractivity contribution in [3.8, 4) is 0 Å². The molecular weight excluding hydrogens is 360 g/mol. The Bertz CT molecular complexity index is 865. The Morgan fingerprint density at radius 1 is 0.667 bits per heavy atom. The van der Waals surface area contributed by atoms with Crippen LogP contribution in [0.15, 0.2) is 84.9 Å². The maximum Gasteiger partial charge on any atom is 0.490 e. The van der Waals surface area contributed by atoms with Gasteiger partial charge in [0.2, 0.25) is 0 Å². The highest BCUT2D eigenvalue weighted by molar-refractivity contribution is 5.77. The molecule has 0 fully saturated rings. The number of ether oxygens (including phenoxy) is 1. The second kappa shape index (κ2) is 7.23. The third-order valence-corrected chi connectivity index (χ3v) is 4.09. The Morgan fingerprint density at radius 2 is 1.07 bits per heavy atom. The van der Waals surface area contributed by atoms with Gasteiger partial charge in [0.25, 0.3) is 0 Å². The third-order valence-electron chi connectivity index (χ3n) is 4.09. The second-order valence-electron chi connectivity index (χ2n) is 5.81. The van der Waals surface area contributed by atoms with Crippen LogP contribution in [0, 0.1) is 5.82 Å². The molecule has 0 amide bonds. The summed E-state index contributed by atoms with van der Waals surface area (Å²) in [6, 6.07) is 20.9. The molecule has 0 unspecified atom stereocenters. The molecule has 138 valence electrons. The summed E-state index contributed by atoms with van der Waals surface area (Å²) in [5.74, 6) is -2.89. The van der Waals surface area contributed by atoms with Crippen molar-refractivity contribution in [1.82, 2.24) is 0 Å². The first-order chi connectivity index (χ1) is 12.8. The van der Waals surface area contributed by atoms with E-state index in [0.717, 1.165) is 12.1 Å². The molecule has 0 atom stereocenters. The number of benzene rings is 3. The molecule has 3 aromatic carbocycles. The smallest absolute Gasteiger partial charge is 0.438 e. The third kappa shape index (κ3) is 3.69. The van der Waals surface area contributed by atoms with Crippen LogP contribution in [0.1, 0.15) is 16.7 Å². The molecule has 0 radical (unpaired) electrons.